The van der Waals surface area contributed by atoms with E-state index in [9.17, 15) is 5.11 Å². The first-order valence-electron chi connectivity index (χ1n) is 9.00. The van der Waals surface area contributed by atoms with E-state index in [1.807, 2.05) is 0 Å². The Morgan fingerprint density at radius 2 is 0.950 bits per heavy atom. The average Bonchev–Trinajstić information content (AvgIpc) is 2.46. The zero-order chi connectivity index (χ0) is 15.5. The van der Waals surface area contributed by atoms with Gasteiger partial charge in [0.05, 0.1) is 5.60 Å². The van der Waals surface area contributed by atoms with Crippen LogP contribution in [-0.2, 0) is 0 Å². The summed E-state index contributed by atoms with van der Waals surface area (Å²) in [6, 6.07) is 0. The van der Waals surface area contributed by atoms with Crippen molar-refractivity contribution in [3.63, 3.8) is 0 Å². The van der Waals surface area contributed by atoms with Crippen LogP contribution in [0.15, 0.2) is 0 Å². The molecule has 0 heterocycles. The fourth-order valence-corrected chi connectivity index (χ4v) is 3.14. The first kappa shape index (κ1) is 19.9. The van der Waals surface area contributed by atoms with Crippen LogP contribution in [0.5, 0.6) is 0 Å². The van der Waals surface area contributed by atoms with E-state index in [-0.39, 0.29) is 5.54 Å². The largest absolute Gasteiger partial charge is 0.388 e. The molecule has 0 aliphatic rings. The van der Waals surface area contributed by atoms with Gasteiger partial charge in [0, 0.05) is 5.54 Å². The number of nitrogens with two attached hydrogens (primary N) is 1. The summed E-state index contributed by atoms with van der Waals surface area (Å²) in [5.74, 6) is 0. The zero-order valence-corrected chi connectivity index (χ0v) is 14.5. The Hall–Kier alpha value is -0.0800. The number of aliphatic hydroxyl groups is 1. The molecule has 0 rings (SSSR count). The highest BCUT2D eigenvalue weighted by Gasteiger charge is 2.45. The van der Waals surface area contributed by atoms with E-state index in [1.54, 1.807) is 0 Å². The number of rotatable bonds is 13. The van der Waals surface area contributed by atoms with E-state index in [2.05, 4.69) is 27.7 Å². The van der Waals surface area contributed by atoms with E-state index >= 15 is 0 Å². The molecule has 122 valence electrons. The van der Waals surface area contributed by atoms with Crippen molar-refractivity contribution in [3.8, 4) is 0 Å². The molecule has 2 heteroatoms. The quantitative estimate of drug-likeness (QED) is 0.490. The van der Waals surface area contributed by atoms with Crippen molar-refractivity contribution in [3.05, 3.63) is 0 Å². The van der Waals surface area contributed by atoms with Gasteiger partial charge in [-0.1, -0.05) is 79.1 Å². The van der Waals surface area contributed by atoms with Crippen LogP contribution in [0.3, 0.4) is 0 Å². The van der Waals surface area contributed by atoms with Crippen molar-refractivity contribution in [2.75, 3.05) is 0 Å². The van der Waals surface area contributed by atoms with Crippen LogP contribution in [0, 0.1) is 0 Å². The van der Waals surface area contributed by atoms with Crippen LogP contribution in [0.2, 0.25) is 0 Å². The molecule has 2 nitrogen and oxygen atoms in total. The molecule has 0 aromatic rings. The summed E-state index contributed by atoms with van der Waals surface area (Å²) < 4.78 is 0. The lowest BCUT2D eigenvalue weighted by Crippen LogP contribution is -2.60. The van der Waals surface area contributed by atoms with Crippen LogP contribution >= 0.6 is 0 Å². The second-order valence-corrected chi connectivity index (χ2v) is 6.60. The van der Waals surface area contributed by atoms with E-state index in [4.69, 9.17) is 5.73 Å². The molecule has 0 saturated heterocycles. The molecule has 0 amide bonds. The summed E-state index contributed by atoms with van der Waals surface area (Å²) in [4.78, 5) is 0. The monoisotopic (exact) mass is 285 g/mol. The highest BCUT2D eigenvalue weighted by molar-refractivity contribution is 5.03. The van der Waals surface area contributed by atoms with E-state index in [0.717, 1.165) is 77.0 Å². The third-order valence-corrected chi connectivity index (χ3v) is 4.77. The summed E-state index contributed by atoms with van der Waals surface area (Å²) >= 11 is 0. The van der Waals surface area contributed by atoms with Gasteiger partial charge in [0.25, 0.3) is 0 Å². The molecule has 0 saturated carbocycles. The van der Waals surface area contributed by atoms with Gasteiger partial charge in [-0.25, -0.2) is 0 Å². The van der Waals surface area contributed by atoms with Gasteiger partial charge >= 0.3 is 0 Å². The van der Waals surface area contributed by atoms with Gasteiger partial charge in [0.1, 0.15) is 0 Å². The Bertz CT molecular complexity index is 187. The van der Waals surface area contributed by atoms with Crippen molar-refractivity contribution in [2.24, 2.45) is 5.73 Å². The highest BCUT2D eigenvalue weighted by Crippen LogP contribution is 2.38. The van der Waals surface area contributed by atoms with Gasteiger partial charge < -0.3 is 10.8 Å². The predicted molar refractivity (Wildman–Crippen MR) is 90.0 cm³/mol. The summed E-state index contributed by atoms with van der Waals surface area (Å²) in [7, 11) is 0. The molecule has 0 aliphatic carbocycles. The molecule has 0 aliphatic heterocycles. The van der Waals surface area contributed by atoms with Crippen molar-refractivity contribution in [1.82, 2.24) is 0 Å². The molecule has 0 aromatic heterocycles. The van der Waals surface area contributed by atoms with Gasteiger partial charge in [0.2, 0.25) is 0 Å². The van der Waals surface area contributed by atoms with Crippen LogP contribution in [0.1, 0.15) is 105 Å². The van der Waals surface area contributed by atoms with Crippen molar-refractivity contribution >= 4 is 0 Å². The second-order valence-electron chi connectivity index (χ2n) is 6.60. The maximum absolute atomic E-state index is 11.3. The van der Waals surface area contributed by atoms with Gasteiger partial charge in [-0.05, 0) is 25.7 Å². The molecule has 0 fully saturated rings. The predicted octanol–water partition coefficient (Wildman–Crippen LogP) is 5.18. The fraction of sp³-hybridized carbons (Fsp3) is 1.00. The van der Waals surface area contributed by atoms with Crippen molar-refractivity contribution in [1.29, 1.82) is 0 Å². The van der Waals surface area contributed by atoms with Crippen LogP contribution in [0.25, 0.3) is 0 Å². The zero-order valence-electron chi connectivity index (χ0n) is 14.5. The van der Waals surface area contributed by atoms with E-state index < -0.39 is 5.60 Å². The topological polar surface area (TPSA) is 46.2 Å². The summed E-state index contributed by atoms with van der Waals surface area (Å²) in [6.45, 7) is 8.79. The van der Waals surface area contributed by atoms with E-state index in [1.165, 1.54) is 0 Å². The molecular formula is C18H39NO. The van der Waals surface area contributed by atoms with Gasteiger partial charge in [-0.2, -0.15) is 0 Å². The fourth-order valence-electron chi connectivity index (χ4n) is 3.14. The van der Waals surface area contributed by atoms with E-state index in [0.29, 0.717) is 0 Å². The maximum atomic E-state index is 11.3. The molecule has 0 aromatic carbocycles. The van der Waals surface area contributed by atoms with Crippen LogP contribution in [-0.4, -0.2) is 16.2 Å². The van der Waals surface area contributed by atoms with Gasteiger partial charge in [0.15, 0.2) is 0 Å². The summed E-state index contributed by atoms with van der Waals surface area (Å²) in [5.41, 5.74) is 5.73. The van der Waals surface area contributed by atoms with Crippen molar-refractivity contribution < 1.29 is 5.11 Å². The van der Waals surface area contributed by atoms with Crippen LogP contribution in [0.4, 0.5) is 0 Å². The second kappa shape index (κ2) is 10.6. The third kappa shape index (κ3) is 6.13. The smallest absolute Gasteiger partial charge is 0.0826 e. The third-order valence-electron chi connectivity index (χ3n) is 4.77. The Morgan fingerprint density at radius 3 is 1.25 bits per heavy atom. The summed E-state index contributed by atoms with van der Waals surface area (Å²) in [5, 5.41) is 11.3. The Balaban J connectivity index is 5.02. The van der Waals surface area contributed by atoms with Gasteiger partial charge in [-0.15, -0.1) is 0 Å². The SMILES string of the molecule is CCCCC(N)(CCCC)C(O)(CCCC)CCCC. The first-order chi connectivity index (χ1) is 9.49. The minimum atomic E-state index is -0.663. The molecule has 0 radical (unpaired) electrons. The molecule has 20 heavy (non-hydrogen) atoms. The number of hydrogen-bond acceptors (Lipinski definition) is 2. The maximum Gasteiger partial charge on any atom is 0.0826 e. The summed E-state index contributed by atoms with van der Waals surface area (Å²) in [6.07, 6.45) is 12.7. The Labute approximate surface area is 127 Å². The van der Waals surface area contributed by atoms with Crippen LogP contribution < -0.4 is 5.73 Å². The van der Waals surface area contributed by atoms with Crippen molar-refractivity contribution in [2.45, 2.75) is 116 Å². The lowest BCUT2D eigenvalue weighted by Gasteiger charge is -2.46. The molecule has 0 spiro atoms. The lowest BCUT2D eigenvalue weighted by atomic mass is 9.69. The standard InChI is InChI=1S/C18H39NO/c1-5-9-13-17(19,14-10-6-2)18(20,15-11-7-3)16-12-8-4/h20H,5-16,19H2,1-4H3. The minimum absolute atomic E-state index is 0.386. The molecular weight excluding hydrogens is 246 g/mol. The molecule has 3 N–H and O–H groups in total. The number of hydrogen-bond donors (Lipinski definition) is 2. The molecule has 0 unspecified atom stereocenters. The lowest BCUT2D eigenvalue weighted by molar-refractivity contribution is -0.0619. The molecule has 0 bridgehead atoms. The van der Waals surface area contributed by atoms with Gasteiger partial charge in [-0.3, -0.25) is 0 Å². The molecule has 0 atom stereocenters. The Kier molecular flexibility index (Phi) is 10.6. The number of unbranched alkanes of at least 4 members (excludes halogenated alkanes) is 4. The minimum Gasteiger partial charge on any atom is -0.388 e. The highest BCUT2D eigenvalue weighted by atomic mass is 16.3. The average molecular weight is 286 g/mol. The normalized spacial score (nSPS) is 12.9. The first-order valence-corrected chi connectivity index (χ1v) is 9.00. The Morgan fingerprint density at radius 1 is 0.650 bits per heavy atom.